The fourth-order valence-corrected chi connectivity index (χ4v) is 0.914. The normalized spacial score (nSPS) is 11.5. The van der Waals surface area contributed by atoms with Crippen molar-refractivity contribution >= 4 is 12.0 Å². The summed E-state index contributed by atoms with van der Waals surface area (Å²) in [5.74, 6) is -2.59. The molecule has 0 aliphatic heterocycles. The van der Waals surface area contributed by atoms with Gasteiger partial charge in [0.25, 0.3) is 0 Å². The number of rotatable bonds is 2. The Morgan fingerprint density at radius 2 is 2.07 bits per heavy atom. The predicted molar refractivity (Wildman–Crippen MR) is 47.6 cm³/mol. The lowest BCUT2D eigenvalue weighted by Gasteiger charge is -1.98. The molecule has 14 heavy (non-hydrogen) atoms. The highest BCUT2D eigenvalue weighted by molar-refractivity contribution is 5.91. The number of carbonyl (C=O) groups is 1. The SMILES string of the molecule is C/C(=C/c1ccc(F)cc1F)C(=O)O. The van der Waals surface area contributed by atoms with Crippen molar-refractivity contribution in [2.75, 3.05) is 0 Å². The lowest BCUT2D eigenvalue weighted by Crippen LogP contribution is -1.96. The summed E-state index contributed by atoms with van der Waals surface area (Å²) < 4.78 is 25.5. The molecule has 4 heteroatoms. The van der Waals surface area contributed by atoms with E-state index in [0.717, 1.165) is 12.1 Å². The average molecular weight is 198 g/mol. The van der Waals surface area contributed by atoms with Crippen molar-refractivity contribution in [3.8, 4) is 0 Å². The number of carboxylic acid groups (broad SMARTS) is 1. The number of hydrogen-bond acceptors (Lipinski definition) is 1. The Labute approximate surface area is 79.5 Å². The number of aliphatic carboxylic acids is 1. The zero-order valence-electron chi connectivity index (χ0n) is 7.42. The fourth-order valence-electron chi connectivity index (χ4n) is 0.914. The summed E-state index contributed by atoms with van der Waals surface area (Å²) in [5.41, 5.74) is 0.0572. The number of benzene rings is 1. The Kier molecular flexibility index (Phi) is 2.96. The van der Waals surface area contributed by atoms with E-state index in [1.165, 1.54) is 13.0 Å². The van der Waals surface area contributed by atoms with Gasteiger partial charge in [0.1, 0.15) is 11.6 Å². The molecule has 0 fully saturated rings. The summed E-state index contributed by atoms with van der Waals surface area (Å²) >= 11 is 0. The van der Waals surface area contributed by atoms with Crippen LogP contribution < -0.4 is 0 Å². The second-order valence-corrected chi connectivity index (χ2v) is 2.80. The molecule has 0 atom stereocenters. The van der Waals surface area contributed by atoms with E-state index in [4.69, 9.17) is 5.11 Å². The summed E-state index contributed by atoms with van der Waals surface area (Å²) in [6.07, 6.45) is 1.15. The molecule has 1 N–H and O–H groups in total. The first-order valence-electron chi connectivity index (χ1n) is 3.87. The van der Waals surface area contributed by atoms with Crippen molar-refractivity contribution in [3.63, 3.8) is 0 Å². The topological polar surface area (TPSA) is 37.3 Å². The monoisotopic (exact) mass is 198 g/mol. The second-order valence-electron chi connectivity index (χ2n) is 2.80. The Morgan fingerprint density at radius 1 is 1.43 bits per heavy atom. The van der Waals surface area contributed by atoms with E-state index in [9.17, 15) is 13.6 Å². The molecule has 0 amide bonds. The molecule has 0 spiro atoms. The van der Waals surface area contributed by atoms with Crippen LogP contribution in [0.15, 0.2) is 23.8 Å². The van der Waals surface area contributed by atoms with Gasteiger partial charge in [0, 0.05) is 17.2 Å². The summed E-state index contributed by atoms with van der Waals surface area (Å²) in [7, 11) is 0. The molecule has 1 aromatic carbocycles. The third-order valence-electron chi connectivity index (χ3n) is 1.67. The molecule has 0 saturated heterocycles. The van der Waals surface area contributed by atoms with Crippen LogP contribution >= 0.6 is 0 Å². The van der Waals surface area contributed by atoms with Gasteiger partial charge in [0.15, 0.2) is 0 Å². The zero-order valence-corrected chi connectivity index (χ0v) is 7.42. The number of carboxylic acids is 1. The van der Waals surface area contributed by atoms with E-state index >= 15 is 0 Å². The van der Waals surface area contributed by atoms with Gasteiger partial charge in [-0.1, -0.05) is 0 Å². The predicted octanol–water partition coefficient (Wildman–Crippen LogP) is 2.45. The summed E-state index contributed by atoms with van der Waals surface area (Å²) in [5, 5.41) is 8.52. The summed E-state index contributed by atoms with van der Waals surface area (Å²) in [6.45, 7) is 1.34. The molecule has 1 rings (SSSR count). The quantitative estimate of drug-likeness (QED) is 0.741. The molecular formula is C10H8F2O2. The maximum atomic E-state index is 13.0. The van der Waals surface area contributed by atoms with Crippen LogP contribution in [0.25, 0.3) is 6.08 Å². The van der Waals surface area contributed by atoms with Gasteiger partial charge in [-0.05, 0) is 25.1 Å². The van der Waals surface area contributed by atoms with Crippen LogP contribution in [0.3, 0.4) is 0 Å². The molecule has 1 aromatic rings. The van der Waals surface area contributed by atoms with Gasteiger partial charge in [0.05, 0.1) is 0 Å². The standard InChI is InChI=1S/C10H8F2O2/c1-6(10(13)14)4-7-2-3-8(11)5-9(7)12/h2-5H,1H3,(H,13,14)/b6-4-. The van der Waals surface area contributed by atoms with E-state index < -0.39 is 17.6 Å². The first kappa shape index (κ1) is 10.4. The van der Waals surface area contributed by atoms with Crippen LogP contribution in [-0.2, 0) is 4.79 Å². The molecule has 74 valence electrons. The molecule has 0 aliphatic carbocycles. The highest BCUT2D eigenvalue weighted by atomic mass is 19.1. The van der Waals surface area contributed by atoms with Crippen LogP contribution in [0.5, 0.6) is 0 Å². The van der Waals surface area contributed by atoms with Crippen molar-refractivity contribution < 1.29 is 18.7 Å². The second kappa shape index (κ2) is 4.00. The fraction of sp³-hybridized carbons (Fsp3) is 0.100. The minimum absolute atomic E-state index is 0.00416. The van der Waals surface area contributed by atoms with Crippen LogP contribution in [0.4, 0.5) is 8.78 Å². The van der Waals surface area contributed by atoms with Gasteiger partial charge in [0.2, 0.25) is 0 Å². The van der Waals surface area contributed by atoms with Gasteiger partial charge in [-0.15, -0.1) is 0 Å². The van der Waals surface area contributed by atoms with Gasteiger partial charge >= 0.3 is 5.97 Å². The van der Waals surface area contributed by atoms with Crippen molar-refractivity contribution in [1.82, 2.24) is 0 Å². The summed E-state index contributed by atoms with van der Waals surface area (Å²) in [6, 6.07) is 2.97. The molecule has 0 unspecified atom stereocenters. The molecule has 0 aromatic heterocycles. The highest BCUT2D eigenvalue weighted by Crippen LogP contribution is 2.13. The Balaban J connectivity index is 3.09. The lowest BCUT2D eigenvalue weighted by molar-refractivity contribution is -0.132. The highest BCUT2D eigenvalue weighted by Gasteiger charge is 2.04. The van der Waals surface area contributed by atoms with Gasteiger partial charge in [-0.3, -0.25) is 0 Å². The molecule has 0 heterocycles. The maximum absolute atomic E-state index is 13.0. The third kappa shape index (κ3) is 2.39. The molecule has 0 aliphatic rings. The van der Waals surface area contributed by atoms with Crippen LogP contribution in [0.1, 0.15) is 12.5 Å². The van der Waals surface area contributed by atoms with E-state index in [0.29, 0.717) is 6.07 Å². The van der Waals surface area contributed by atoms with Crippen molar-refractivity contribution in [2.24, 2.45) is 0 Å². The van der Waals surface area contributed by atoms with E-state index in [1.807, 2.05) is 0 Å². The molecule has 0 bridgehead atoms. The number of halogens is 2. The van der Waals surface area contributed by atoms with Crippen LogP contribution in [0.2, 0.25) is 0 Å². The maximum Gasteiger partial charge on any atom is 0.331 e. The van der Waals surface area contributed by atoms with Crippen molar-refractivity contribution in [2.45, 2.75) is 6.92 Å². The molecular weight excluding hydrogens is 190 g/mol. The average Bonchev–Trinajstić information content (AvgIpc) is 2.09. The minimum Gasteiger partial charge on any atom is -0.478 e. The Morgan fingerprint density at radius 3 is 2.57 bits per heavy atom. The Bertz CT molecular complexity index is 397. The first-order chi connectivity index (χ1) is 6.50. The Hall–Kier alpha value is -1.71. The largest absolute Gasteiger partial charge is 0.478 e. The zero-order chi connectivity index (χ0) is 10.7. The van der Waals surface area contributed by atoms with E-state index in [-0.39, 0.29) is 11.1 Å². The smallest absolute Gasteiger partial charge is 0.331 e. The lowest BCUT2D eigenvalue weighted by atomic mass is 10.1. The van der Waals surface area contributed by atoms with Crippen molar-refractivity contribution in [1.29, 1.82) is 0 Å². The molecule has 0 saturated carbocycles. The third-order valence-corrected chi connectivity index (χ3v) is 1.67. The summed E-state index contributed by atoms with van der Waals surface area (Å²) in [4.78, 5) is 10.4. The van der Waals surface area contributed by atoms with Crippen molar-refractivity contribution in [3.05, 3.63) is 41.0 Å². The van der Waals surface area contributed by atoms with Crippen LogP contribution in [-0.4, -0.2) is 11.1 Å². The van der Waals surface area contributed by atoms with E-state index in [2.05, 4.69) is 0 Å². The number of hydrogen-bond donors (Lipinski definition) is 1. The molecule has 2 nitrogen and oxygen atoms in total. The van der Waals surface area contributed by atoms with Crippen LogP contribution in [0, 0.1) is 11.6 Å². The van der Waals surface area contributed by atoms with Gasteiger partial charge in [-0.2, -0.15) is 0 Å². The van der Waals surface area contributed by atoms with Gasteiger partial charge in [-0.25, -0.2) is 13.6 Å². The minimum atomic E-state index is -1.13. The molecule has 0 radical (unpaired) electrons. The van der Waals surface area contributed by atoms with E-state index in [1.54, 1.807) is 0 Å². The van der Waals surface area contributed by atoms with Gasteiger partial charge < -0.3 is 5.11 Å². The first-order valence-corrected chi connectivity index (χ1v) is 3.87.